The zero-order chi connectivity index (χ0) is 37.0. The number of benzene rings is 7. The topological polar surface area (TPSA) is 74.3 Å². The van der Waals surface area contributed by atoms with Gasteiger partial charge in [0.05, 0.1) is 33.5 Å². The van der Waals surface area contributed by atoms with Crippen molar-refractivity contribution in [2.24, 2.45) is 0 Å². The van der Waals surface area contributed by atoms with E-state index in [9.17, 15) is 0 Å². The molecule has 7 heteroatoms. The van der Waals surface area contributed by atoms with E-state index >= 15 is 0 Å². The van der Waals surface area contributed by atoms with E-state index in [2.05, 4.69) is 100 Å². The Kier molecular flexibility index (Phi) is 7.35. The Morgan fingerprint density at radius 3 is 1.30 bits per heavy atom. The summed E-state index contributed by atoms with van der Waals surface area (Å²) in [7, 11) is 0. The lowest BCUT2D eigenvalue weighted by Crippen LogP contribution is -2.06. The molecule has 0 saturated carbocycles. The van der Waals surface area contributed by atoms with Crippen LogP contribution in [0.4, 0.5) is 0 Å². The quantitative estimate of drug-likeness (QED) is 0.171. The van der Waals surface area contributed by atoms with Gasteiger partial charge in [-0.3, -0.25) is 9.13 Å². The molecule has 11 rings (SSSR count). The van der Waals surface area contributed by atoms with Gasteiger partial charge in [0, 0.05) is 43.8 Å². The van der Waals surface area contributed by atoms with Crippen LogP contribution < -0.4 is 0 Å². The molecule has 0 fully saturated rings. The van der Waals surface area contributed by atoms with Crippen LogP contribution in [0.15, 0.2) is 188 Å². The van der Waals surface area contributed by atoms with Crippen molar-refractivity contribution in [3.05, 3.63) is 188 Å². The van der Waals surface area contributed by atoms with Gasteiger partial charge in [0.15, 0.2) is 11.6 Å². The molecule has 0 saturated heterocycles. The van der Waals surface area contributed by atoms with Crippen LogP contribution in [0.25, 0.3) is 101 Å². The second-order valence-electron chi connectivity index (χ2n) is 13.7. The summed E-state index contributed by atoms with van der Waals surface area (Å²) in [6.45, 7) is 0. The molecule has 4 heterocycles. The van der Waals surface area contributed by atoms with Crippen LogP contribution in [-0.4, -0.2) is 34.1 Å². The lowest BCUT2D eigenvalue weighted by Gasteiger charge is -2.12. The molecule has 262 valence electrons. The second-order valence-corrected chi connectivity index (χ2v) is 13.7. The Morgan fingerprint density at radius 2 is 0.750 bits per heavy atom. The third-order valence-corrected chi connectivity index (χ3v) is 10.4. The third kappa shape index (κ3) is 5.17. The fraction of sp³-hybridized carbons (Fsp3) is 0. The molecule has 11 aromatic rings. The Labute approximate surface area is 321 Å². The van der Waals surface area contributed by atoms with Gasteiger partial charge in [-0.25, -0.2) is 15.0 Å². The maximum atomic E-state index is 5.33. The molecule has 7 aromatic carbocycles. The molecule has 0 spiro atoms. The fourth-order valence-corrected chi connectivity index (χ4v) is 7.88. The van der Waals surface area contributed by atoms with Crippen molar-refractivity contribution in [1.82, 2.24) is 34.1 Å². The summed E-state index contributed by atoms with van der Waals surface area (Å²) in [5.74, 6) is 2.35. The number of hydrogen-bond donors (Lipinski definition) is 0. The third-order valence-electron chi connectivity index (χ3n) is 10.4. The van der Waals surface area contributed by atoms with Crippen LogP contribution in [0.1, 0.15) is 0 Å². The Balaban J connectivity index is 1.25. The number of rotatable bonds is 6. The highest BCUT2D eigenvalue weighted by atomic mass is 15.2. The van der Waals surface area contributed by atoms with Crippen molar-refractivity contribution in [2.75, 3.05) is 0 Å². The molecule has 4 aromatic heterocycles. The van der Waals surface area contributed by atoms with E-state index in [-0.39, 0.29) is 0 Å². The summed E-state index contributed by atoms with van der Waals surface area (Å²) in [4.78, 5) is 26.0. The van der Waals surface area contributed by atoms with Gasteiger partial charge in [0.1, 0.15) is 0 Å². The van der Waals surface area contributed by atoms with Crippen LogP contribution in [0, 0.1) is 0 Å². The number of aromatic nitrogens is 7. The predicted molar refractivity (Wildman–Crippen MR) is 226 cm³/mol. The van der Waals surface area contributed by atoms with Gasteiger partial charge in [0.25, 0.3) is 0 Å². The van der Waals surface area contributed by atoms with Crippen molar-refractivity contribution in [3.8, 4) is 57.2 Å². The molecular weight excluding hydrogens is 687 g/mol. The molecule has 0 bridgehead atoms. The lowest BCUT2D eigenvalue weighted by molar-refractivity contribution is 0.953. The van der Waals surface area contributed by atoms with E-state index in [0.717, 1.165) is 77.3 Å². The molecule has 7 nitrogen and oxygen atoms in total. The van der Waals surface area contributed by atoms with Crippen molar-refractivity contribution in [3.63, 3.8) is 0 Å². The average Bonchev–Trinajstić information content (AvgIpc) is 3.80. The molecule has 0 radical (unpaired) electrons. The van der Waals surface area contributed by atoms with Crippen LogP contribution in [0.3, 0.4) is 0 Å². The van der Waals surface area contributed by atoms with Crippen LogP contribution in [0.2, 0.25) is 0 Å². The molecule has 0 atom stereocenters. The molecule has 0 N–H and O–H groups in total. The van der Waals surface area contributed by atoms with Crippen LogP contribution in [-0.2, 0) is 0 Å². The Bertz CT molecular complexity index is 3110. The minimum absolute atomic E-state index is 0.541. The first kappa shape index (κ1) is 31.7. The largest absolute Gasteiger partial charge is 0.278 e. The van der Waals surface area contributed by atoms with Gasteiger partial charge in [0.2, 0.25) is 11.9 Å². The summed E-state index contributed by atoms with van der Waals surface area (Å²) < 4.78 is 4.41. The number of nitrogens with zero attached hydrogens (tertiary/aromatic N) is 7. The summed E-state index contributed by atoms with van der Waals surface area (Å²) in [6.07, 6.45) is 0. The molecular formula is C49H31N7. The predicted octanol–water partition coefficient (Wildman–Crippen LogP) is 11.5. The average molecular weight is 718 g/mol. The van der Waals surface area contributed by atoms with Crippen molar-refractivity contribution in [1.29, 1.82) is 0 Å². The SMILES string of the molecule is c1ccc(-c2cc(-c3ccccc3)nc(-n3c4ccccc4c4ccc5c(c6ccccc6n5-c5nc(-c6ccccc6)nc(-c6ccccc6)n5)c43)n2)cc1. The summed E-state index contributed by atoms with van der Waals surface area (Å²) in [5.41, 5.74) is 9.57. The highest BCUT2D eigenvalue weighted by molar-refractivity contribution is 6.26. The van der Waals surface area contributed by atoms with E-state index in [0.29, 0.717) is 23.5 Å². The number of hydrogen-bond acceptors (Lipinski definition) is 5. The lowest BCUT2D eigenvalue weighted by atomic mass is 10.1. The van der Waals surface area contributed by atoms with Gasteiger partial charge >= 0.3 is 0 Å². The summed E-state index contributed by atoms with van der Waals surface area (Å²) in [6, 6.07) is 64.3. The van der Waals surface area contributed by atoms with Crippen LogP contribution >= 0.6 is 0 Å². The van der Waals surface area contributed by atoms with Gasteiger partial charge in [-0.15, -0.1) is 0 Å². The standard InChI is InChI=1S/C49H31N7/c1-5-17-32(18-6-1)39-31-40(33-19-7-2-8-20-33)51-48(50-39)56-41-27-15-13-25-36(41)37-29-30-43-44(45(37)56)38-26-14-16-28-42(38)55(43)49-53-46(34-21-9-3-10-22-34)52-47(54-49)35-23-11-4-12-24-35/h1-31H. The first-order valence-electron chi connectivity index (χ1n) is 18.6. The minimum Gasteiger partial charge on any atom is -0.278 e. The van der Waals surface area contributed by atoms with Crippen molar-refractivity contribution in [2.45, 2.75) is 0 Å². The first-order valence-corrected chi connectivity index (χ1v) is 18.6. The maximum absolute atomic E-state index is 5.33. The molecule has 0 aliphatic rings. The maximum Gasteiger partial charge on any atom is 0.238 e. The monoisotopic (exact) mass is 717 g/mol. The number of fused-ring (bicyclic) bond motifs is 7. The van der Waals surface area contributed by atoms with Crippen molar-refractivity contribution < 1.29 is 0 Å². The summed E-state index contributed by atoms with van der Waals surface area (Å²) in [5, 5.41) is 4.36. The molecule has 0 aliphatic carbocycles. The smallest absolute Gasteiger partial charge is 0.238 e. The van der Waals surface area contributed by atoms with Gasteiger partial charge in [-0.2, -0.15) is 9.97 Å². The zero-order valence-corrected chi connectivity index (χ0v) is 30.0. The Hall–Kier alpha value is -7.77. The van der Waals surface area contributed by atoms with Crippen molar-refractivity contribution >= 4 is 43.6 Å². The normalized spacial score (nSPS) is 11.6. The second kappa shape index (κ2) is 13.0. The zero-order valence-electron chi connectivity index (χ0n) is 30.0. The van der Waals surface area contributed by atoms with E-state index in [1.54, 1.807) is 0 Å². The van der Waals surface area contributed by atoms with Gasteiger partial charge < -0.3 is 0 Å². The van der Waals surface area contributed by atoms with E-state index in [1.807, 2.05) is 97.1 Å². The minimum atomic E-state index is 0.541. The van der Waals surface area contributed by atoms with Gasteiger partial charge in [-0.1, -0.05) is 164 Å². The highest BCUT2D eigenvalue weighted by Gasteiger charge is 2.24. The molecule has 0 amide bonds. The molecule has 0 aliphatic heterocycles. The molecule has 0 unspecified atom stereocenters. The van der Waals surface area contributed by atoms with Gasteiger partial charge in [-0.05, 0) is 24.3 Å². The number of para-hydroxylation sites is 2. The van der Waals surface area contributed by atoms with E-state index < -0.39 is 0 Å². The first-order chi connectivity index (χ1) is 27.8. The Morgan fingerprint density at radius 1 is 0.304 bits per heavy atom. The highest BCUT2D eigenvalue weighted by Crippen LogP contribution is 2.42. The van der Waals surface area contributed by atoms with E-state index in [4.69, 9.17) is 24.9 Å². The fourth-order valence-electron chi connectivity index (χ4n) is 7.88. The van der Waals surface area contributed by atoms with E-state index in [1.165, 1.54) is 0 Å². The summed E-state index contributed by atoms with van der Waals surface area (Å²) >= 11 is 0. The molecule has 56 heavy (non-hydrogen) atoms. The van der Waals surface area contributed by atoms with Crippen LogP contribution in [0.5, 0.6) is 0 Å².